The van der Waals surface area contributed by atoms with Crippen molar-refractivity contribution in [2.75, 3.05) is 26.2 Å². The van der Waals surface area contributed by atoms with Crippen molar-refractivity contribution < 1.29 is 13.6 Å². The highest BCUT2D eigenvalue weighted by atomic mass is 19.3. The van der Waals surface area contributed by atoms with Crippen molar-refractivity contribution in [1.82, 2.24) is 20.1 Å². The molecule has 0 bridgehead atoms. The number of fused-ring (bicyclic) bond motifs is 2. The van der Waals surface area contributed by atoms with Crippen LogP contribution in [0.25, 0.3) is 5.57 Å². The molecule has 2 aromatic carbocycles. The van der Waals surface area contributed by atoms with Crippen LogP contribution < -0.4 is 5.32 Å². The molecule has 1 amide bonds. The number of carbonyl (C=O) groups is 1. The van der Waals surface area contributed by atoms with Gasteiger partial charge in [-0.25, -0.2) is 0 Å². The minimum absolute atomic E-state index is 0.00857. The Morgan fingerprint density at radius 3 is 2.41 bits per heavy atom. The number of benzene rings is 2. The van der Waals surface area contributed by atoms with Gasteiger partial charge in [-0.15, -0.1) is 0 Å². The molecule has 7 heteroatoms. The first-order valence-electron chi connectivity index (χ1n) is 16.0. The molecule has 44 heavy (non-hydrogen) atoms. The van der Waals surface area contributed by atoms with E-state index in [1.807, 2.05) is 30.6 Å². The normalized spacial score (nSPS) is 18.6. The number of pyridine rings is 1. The third kappa shape index (κ3) is 7.16. The Labute approximate surface area is 259 Å². The van der Waals surface area contributed by atoms with Crippen molar-refractivity contribution in [1.29, 1.82) is 0 Å². The summed E-state index contributed by atoms with van der Waals surface area (Å²) >= 11 is 0. The molecule has 3 aromatic rings. The average Bonchev–Trinajstić information content (AvgIpc) is 3.21. The number of hydrogen-bond acceptors (Lipinski definition) is 4. The van der Waals surface area contributed by atoms with Crippen molar-refractivity contribution in [3.05, 3.63) is 118 Å². The van der Waals surface area contributed by atoms with Crippen LogP contribution in [0, 0.1) is 0 Å². The standard InChI is InChI=1S/C37H42F2N4O/c1-2-17-37(38,39)32-10-6-27(7-11-32)25-43-20-14-30-5-3-4-29-8-9-31(23-34(29)35(30)26-43)36(44)41-33-15-21-42(22-16-33)24-28-12-18-40-19-13-28/h2,6-13,17-19,23,33H,3-5,14-16,20-22,24-26H2,1H3,(H,41,44). The van der Waals surface area contributed by atoms with Crippen LogP contribution in [0.4, 0.5) is 8.78 Å². The number of alkyl halides is 2. The molecular formula is C37H42F2N4O. The summed E-state index contributed by atoms with van der Waals surface area (Å²) in [7, 11) is 0. The van der Waals surface area contributed by atoms with Gasteiger partial charge in [-0.1, -0.05) is 42.0 Å². The van der Waals surface area contributed by atoms with Crippen LogP contribution in [0.15, 0.2) is 84.7 Å². The number of halogens is 2. The minimum Gasteiger partial charge on any atom is -0.349 e. The number of allylic oxidation sites excluding steroid dienone is 2. The fraction of sp³-hybridized carbons (Fsp3) is 0.405. The van der Waals surface area contributed by atoms with Crippen LogP contribution in [-0.4, -0.2) is 52.9 Å². The second-order valence-electron chi connectivity index (χ2n) is 12.5. The molecule has 1 saturated heterocycles. The maximum absolute atomic E-state index is 14.3. The Hall–Kier alpha value is -3.68. The van der Waals surface area contributed by atoms with Crippen LogP contribution in [0.2, 0.25) is 0 Å². The minimum atomic E-state index is -2.95. The Morgan fingerprint density at radius 1 is 0.932 bits per heavy atom. The van der Waals surface area contributed by atoms with E-state index in [4.69, 9.17) is 0 Å². The fourth-order valence-corrected chi connectivity index (χ4v) is 6.90. The lowest BCUT2D eigenvalue weighted by Gasteiger charge is -2.32. The lowest BCUT2D eigenvalue weighted by molar-refractivity contribution is 0.0519. The maximum atomic E-state index is 14.3. The highest BCUT2D eigenvalue weighted by Crippen LogP contribution is 2.36. The zero-order valence-corrected chi connectivity index (χ0v) is 25.6. The summed E-state index contributed by atoms with van der Waals surface area (Å²) < 4.78 is 28.6. The zero-order valence-electron chi connectivity index (χ0n) is 25.6. The number of hydrogen-bond donors (Lipinski definition) is 1. The molecule has 1 fully saturated rings. The lowest BCUT2D eigenvalue weighted by atomic mass is 9.90. The number of carbonyl (C=O) groups excluding carboxylic acids is 1. The van der Waals surface area contributed by atoms with Gasteiger partial charge in [0.25, 0.3) is 11.8 Å². The quantitative estimate of drug-likeness (QED) is 0.281. The predicted molar refractivity (Wildman–Crippen MR) is 171 cm³/mol. The summed E-state index contributed by atoms with van der Waals surface area (Å²) in [5.74, 6) is -2.95. The molecule has 3 heterocycles. The van der Waals surface area contributed by atoms with Gasteiger partial charge in [-0.05, 0) is 104 Å². The van der Waals surface area contributed by atoms with E-state index in [-0.39, 0.29) is 17.5 Å². The highest BCUT2D eigenvalue weighted by molar-refractivity contribution is 5.95. The summed E-state index contributed by atoms with van der Waals surface area (Å²) in [4.78, 5) is 22.4. The van der Waals surface area contributed by atoms with Crippen LogP contribution in [-0.2, 0) is 25.4 Å². The SMILES string of the molecule is CC=CC(F)(F)c1ccc(CN2CCC3=C(C2)c2cc(C(=O)NC4CCN(Cc5ccncc5)CC4)ccc2CCC3)cc1. The number of amides is 1. The molecule has 1 aromatic heterocycles. The van der Waals surface area contributed by atoms with Gasteiger partial charge in [-0.3, -0.25) is 19.6 Å². The van der Waals surface area contributed by atoms with E-state index < -0.39 is 5.92 Å². The Kier molecular flexibility index (Phi) is 9.33. The number of aryl methyl sites for hydroxylation is 1. The van der Waals surface area contributed by atoms with Crippen molar-refractivity contribution in [2.45, 2.75) is 70.5 Å². The average molecular weight is 597 g/mol. The molecule has 3 aliphatic rings. The van der Waals surface area contributed by atoms with Gasteiger partial charge in [0.15, 0.2) is 0 Å². The van der Waals surface area contributed by atoms with Gasteiger partial charge < -0.3 is 5.32 Å². The summed E-state index contributed by atoms with van der Waals surface area (Å²) in [6.45, 7) is 6.92. The number of nitrogens with zero attached hydrogens (tertiary/aromatic N) is 3. The van der Waals surface area contributed by atoms with E-state index in [9.17, 15) is 13.6 Å². The van der Waals surface area contributed by atoms with Crippen molar-refractivity contribution in [3.8, 4) is 0 Å². The molecule has 0 atom stereocenters. The number of nitrogens with one attached hydrogen (secondary N) is 1. The number of piperidine rings is 1. The lowest BCUT2D eigenvalue weighted by Crippen LogP contribution is -2.44. The zero-order chi connectivity index (χ0) is 30.5. The van der Waals surface area contributed by atoms with E-state index >= 15 is 0 Å². The van der Waals surface area contributed by atoms with Gasteiger partial charge in [0, 0.05) is 68.8 Å². The summed E-state index contributed by atoms with van der Waals surface area (Å²) in [6.07, 6.45) is 12.1. The first-order chi connectivity index (χ1) is 21.4. The fourth-order valence-electron chi connectivity index (χ4n) is 6.90. The second kappa shape index (κ2) is 13.5. The number of aromatic nitrogens is 1. The highest BCUT2D eigenvalue weighted by Gasteiger charge is 2.28. The van der Waals surface area contributed by atoms with Crippen LogP contribution in [0.5, 0.6) is 0 Å². The summed E-state index contributed by atoms with van der Waals surface area (Å²) in [5, 5.41) is 3.32. The van der Waals surface area contributed by atoms with E-state index in [1.54, 1.807) is 19.1 Å². The number of rotatable bonds is 8. The van der Waals surface area contributed by atoms with Gasteiger partial charge >= 0.3 is 0 Å². The van der Waals surface area contributed by atoms with Gasteiger partial charge in [0.2, 0.25) is 0 Å². The topological polar surface area (TPSA) is 48.5 Å². The van der Waals surface area contributed by atoms with Crippen LogP contribution >= 0.6 is 0 Å². The molecule has 6 rings (SSSR count). The summed E-state index contributed by atoms with van der Waals surface area (Å²) in [6, 6.07) is 17.3. The van der Waals surface area contributed by atoms with E-state index in [0.29, 0.717) is 6.54 Å². The molecule has 0 radical (unpaired) electrons. The van der Waals surface area contributed by atoms with Gasteiger partial charge in [-0.2, -0.15) is 8.78 Å². The third-order valence-electron chi connectivity index (χ3n) is 9.36. The molecule has 0 unspecified atom stereocenters. The van der Waals surface area contributed by atoms with Crippen molar-refractivity contribution >= 4 is 11.5 Å². The van der Waals surface area contributed by atoms with E-state index in [1.165, 1.54) is 33.9 Å². The molecule has 230 valence electrons. The van der Waals surface area contributed by atoms with Crippen LogP contribution in [0.3, 0.4) is 0 Å². The largest absolute Gasteiger partial charge is 0.349 e. The van der Waals surface area contributed by atoms with E-state index in [2.05, 4.69) is 44.4 Å². The molecular weight excluding hydrogens is 554 g/mol. The first-order valence-corrected chi connectivity index (χ1v) is 16.0. The number of likely N-dealkylation sites (tertiary alicyclic amines) is 1. The predicted octanol–water partition coefficient (Wildman–Crippen LogP) is 7.14. The van der Waals surface area contributed by atoms with Crippen LogP contribution in [0.1, 0.15) is 77.2 Å². The van der Waals surface area contributed by atoms with Gasteiger partial charge in [0.1, 0.15) is 0 Å². The second-order valence-corrected chi connectivity index (χ2v) is 12.5. The van der Waals surface area contributed by atoms with Crippen molar-refractivity contribution in [2.24, 2.45) is 0 Å². The third-order valence-corrected chi connectivity index (χ3v) is 9.36. The summed E-state index contributed by atoms with van der Waals surface area (Å²) in [5.41, 5.74) is 8.41. The molecule has 5 nitrogen and oxygen atoms in total. The Balaban J connectivity index is 1.10. The van der Waals surface area contributed by atoms with Crippen molar-refractivity contribution in [3.63, 3.8) is 0 Å². The molecule has 2 aliphatic heterocycles. The van der Waals surface area contributed by atoms with Gasteiger partial charge in [0.05, 0.1) is 0 Å². The molecule has 1 aliphatic carbocycles. The monoisotopic (exact) mass is 596 g/mol. The molecule has 1 N–H and O–H groups in total. The smallest absolute Gasteiger partial charge is 0.291 e. The maximum Gasteiger partial charge on any atom is 0.291 e. The van der Waals surface area contributed by atoms with E-state index in [0.717, 1.165) is 88.5 Å². The Bertz CT molecular complexity index is 1510. The Morgan fingerprint density at radius 2 is 1.66 bits per heavy atom. The molecule has 0 saturated carbocycles. The molecule has 0 spiro atoms. The first kappa shape index (κ1) is 30.4.